The second-order valence-corrected chi connectivity index (χ2v) is 4.00. The second kappa shape index (κ2) is 4.57. The topological polar surface area (TPSA) is 35.3 Å². The van der Waals surface area contributed by atoms with E-state index in [-0.39, 0.29) is 5.82 Å². The van der Waals surface area contributed by atoms with Crippen LogP contribution in [0.2, 0.25) is 0 Å². The maximum atomic E-state index is 13.1. The molecule has 2 rings (SSSR count). The highest BCUT2D eigenvalue weighted by Gasteiger charge is 2.10. The monoisotopic (exact) mass is 235 g/mol. The van der Waals surface area contributed by atoms with Crippen molar-refractivity contribution in [2.24, 2.45) is 0 Å². The van der Waals surface area contributed by atoms with Crippen LogP contribution in [0.3, 0.4) is 0 Å². The van der Waals surface area contributed by atoms with Crippen LogP contribution < -0.4 is 4.74 Å². The number of aromatic nitrogens is 1. The Morgan fingerprint density at radius 1 is 1.29 bits per heavy atom. The molecule has 1 heterocycles. The Labute approximate surface area is 99.2 Å². The number of hydrogen-bond acceptors (Lipinski definition) is 3. The fourth-order valence-electron chi connectivity index (χ4n) is 1.59. The van der Waals surface area contributed by atoms with E-state index >= 15 is 0 Å². The van der Waals surface area contributed by atoms with E-state index in [1.54, 1.807) is 6.07 Å². The van der Waals surface area contributed by atoms with E-state index < -0.39 is 0 Å². The fourth-order valence-corrected chi connectivity index (χ4v) is 1.59. The molecule has 0 aliphatic heterocycles. The molecule has 0 aliphatic rings. The minimum atomic E-state index is -0.302. The van der Waals surface area contributed by atoms with E-state index in [0.29, 0.717) is 12.4 Å². The summed E-state index contributed by atoms with van der Waals surface area (Å²) in [6, 6.07) is 4.49. The predicted octanol–water partition coefficient (Wildman–Crippen LogP) is 3.32. The number of hydrogen-bond donors (Lipinski definition) is 0. The maximum absolute atomic E-state index is 13.1. The van der Waals surface area contributed by atoms with Gasteiger partial charge in [0.2, 0.25) is 0 Å². The van der Waals surface area contributed by atoms with E-state index in [1.165, 1.54) is 12.1 Å². The van der Waals surface area contributed by atoms with E-state index in [2.05, 4.69) is 5.16 Å². The van der Waals surface area contributed by atoms with Gasteiger partial charge in [0.1, 0.15) is 23.9 Å². The molecule has 3 nitrogen and oxygen atoms in total. The maximum Gasteiger partial charge on any atom is 0.140 e. The van der Waals surface area contributed by atoms with Crippen molar-refractivity contribution in [2.75, 3.05) is 0 Å². The van der Waals surface area contributed by atoms with Crippen molar-refractivity contribution in [1.29, 1.82) is 0 Å². The lowest BCUT2D eigenvalue weighted by molar-refractivity contribution is 0.298. The molecule has 0 spiro atoms. The molecular formula is C13H14FNO2. The lowest BCUT2D eigenvalue weighted by Crippen LogP contribution is -1.99. The van der Waals surface area contributed by atoms with E-state index in [1.807, 2.05) is 20.8 Å². The largest absolute Gasteiger partial charge is 0.488 e. The first-order valence-electron chi connectivity index (χ1n) is 5.38. The summed E-state index contributed by atoms with van der Waals surface area (Å²) in [5.74, 6) is 0.978. The summed E-state index contributed by atoms with van der Waals surface area (Å²) in [7, 11) is 0. The van der Waals surface area contributed by atoms with Gasteiger partial charge in [0.15, 0.2) is 0 Å². The lowest BCUT2D eigenvalue weighted by atomic mass is 10.2. The molecule has 0 radical (unpaired) electrons. The van der Waals surface area contributed by atoms with Crippen molar-refractivity contribution >= 4 is 0 Å². The van der Waals surface area contributed by atoms with Crippen LogP contribution in [0.1, 0.15) is 22.6 Å². The minimum absolute atomic E-state index is 0.302. The number of aryl methyl sites for hydroxylation is 3. The van der Waals surface area contributed by atoms with Gasteiger partial charge in [0.05, 0.1) is 11.3 Å². The number of benzene rings is 1. The summed E-state index contributed by atoms with van der Waals surface area (Å²) in [4.78, 5) is 0. The molecule has 0 saturated heterocycles. The second-order valence-electron chi connectivity index (χ2n) is 4.00. The Balaban J connectivity index is 2.15. The normalized spacial score (nSPS) is 10.6. The molecule has 0 bridgehead atoms. The smallest absolute Gasteiger partial charge is 0.140 e. The number of nitrogens with zero attached hydrogens (tertiary/aromatic N) is 1. The van der Waals surface area contributed by atoms with Crippen LogP contribution in [-0.2, 0) is 6.61 Å². The molecule has 90 valence electrons. The predicted molar refractivity (Wildman–Crippen MR) is 61.4 cm³/mol. The zero-order valence-corrected chi connectivity index (χ0v) is 10.1. The van der Waals surface area contributed by atoms with E-state index in [0.717, 1.165) is 22.6 Å². The zero-order valence-electron chi connectivity index (χ0n) is 10.1. The summed E-state index contributed by atoms with van der Waals surface area (Å²) in [5.41, 5.74) is 2.61. The molecule has 0 amide bonds. The molecule has 4 heteroatoms. The Bertz CT molecular complexity index is 515. The fraction of sp³-hybridized carbons (Fsp3) is 0.308. The molecule has 0 aliphatic carbocycles. The molecule has 2 aromatic rings. The van der Waals surface area contributed by atoms with Crippen molar-refractivity contribution in [3.05, 3.63) is 46.6 Å². The van der Waals surface area contributed by atoms with Gasteiger partial charge in [-0.1, -0.05) is 11.2 Å². The van der Waals surface area contributed by atoms with Gasteiger partial charge in [-0.15, -0.1) is 0 Å². The van der Waals surface area contributed by atoms with Crippen molar-refractivity contribution in [3.8, 4) is 5.75 Å². The average Bonchev–Trinajstić information content (AvgIpc) is 2.61. The first-order chi connectivity index (χ1) is 8.08. The van der Waals surface area contributed by atoms with Crippen LogP contribution in [0.4, 0.5) is 4.39 Å². The number of halogens is 1. The molecule has 0 unspecified atom stereocenters. The van der Waals surface area contributed by atoms with Crippen molar-refractivity contribution in [2.45, 2.75) is 27.4 Å². The molecule has 1 aromatic heterocycles. The average molecular weight is 235 g/mol. The molecule has 0 saturated carbocycles. The SMILES string of the molecule is Cc1ccc(F)cc1OCc1c(C)noc1C. The summed E-state index contributed by atoms with van der Waals surface area (Å²) in [6.45, 7) is 5.90. The van der Waals surface area contributed by atoms with Crippen LogP contribution in [0.5, 0.6) is 5.75 Å². The van der Waals surface area contributed by atoms with Gasteiger partial charge in [-0.25, -0.2) is 4.39 Å². The first-order valence-corrected chi connectivity index (χ1v) is 5.38. The molecule has 0 N–H and O–H groups in total. The third-order valence-corrected chi connectivity index (χ3v) is 2.70. The third-order valence-electron chi connectivity index (χ3n) is 2.70. The molecular weight excluding hydrogens is 221 g/mol. The molecule has 0 atom stereocenters. The summed E-state index contributed by atoms with van der Waals surface area (Å²) < 4.78 is 23.7. The molecule has 0 fully saturated rings. The van der Waals surface area contributed by atoms with Crippen LogP contribution in [0, 0.1) is 26.6 Å². The Morgan fingerprint density at radius 2 is 2.06 bits per heavy atom. The van der Waals surface area contributed by atoms with Gasteiger partial charge in [-0.05, 0) is 32.4 Å². The summed E-state index contributed by atoms with van der Waals surface area (Å²) in [5, 5.41) is 3.84. The van der Waals surface area contributed by atoms with Crippen LogP contribution in [0.25, 0.3) is 0 Å². The highest BCUT2D eigenvalue weighted by molar-refractivity contribution is 5.33. The quantitative estimate of drug-likeness (QED) is 0.818. The van der Waals surface area contributed by atoms with Crippen molar-refractivity contribution in [1.82, 2.24) is 5.16 Å². The highest BCUT2D eigenvalue weighted by atomic mass is 19.1. The number of ether oxygens (including phenoxy) is 1. The van der Waals surface area contributed by atoms with Crippen LogP contribution >= 0.6 is 0 Å². The van der Waals surface area contributed by atoms with Gasteiger partial charge in [-0.3, -0.25) is 0 Å². The minimum Gasteiger partial charge on any atom is -0.488 e. The zero-order chi connectivity index (χ0) is 12.4. The standard InChI is InChI=1S/C13H14FNO2/c1-8-4-5-11(14)6-13(8)16-7-12-9(2)15-17-10(12)3/h4-6H,7H2,1-3H3. The van der Waals surface area contributed by atoms with E-state index in [9.17, 15) is 4.39 Å². The van der Waals surface area contributed by atoms with Gasteiger partial charge >= 0.3 is 0 Å². The molecule has 1 aromatic carbocycles. The lowest BCUT2D eigenvalue weighted by Gasteiger charge is -2.08. The van der Waals surface area contributed by atoms with E-state index in [4.69, 9.17) is 9.26 Å². The van der Waals surface area contributed by atoms with Gasteiger partial charge in [-0.2, -0.15) is 0 Å². The van der Waals surface area contributed by atoms with Gasteiger partial charge < -0.3 is 9.26 Å². The first kappa shape index (κ1) is 11.6. The van der Waals surface area contributed by atoms with Crippen molar-refractivity contribution < 1.29 is 13.7 Å². The summed E-state index contributed by atoms with van der Waals surface area (Å²) >= 11 is 0. The molecule has 17 heavy (non-hydrogen) atoms. The Kier molecular flexibility index (Phi) is 3.13. The Morgan fingerprint density at radius 3 is 2.71 bits per heavy atom. The summed E-state index contributed by atoms with van der Waals surface area (Å²) in [6.07, 6.45) is 0. The third kappa shape index (κ3) is 2.46. The highest BCUT2D eigenvalue weighted by Crippen LogP contribution is 2.21. The van der Waals surface area contributed by atoms with Gasteiger partial charge in [0, 0.05) is 6.07 Å². The van der Waals surface area contributed by atoms with Crippen LogP contribution in [0.15, 0.2) is 22.7 Å². The Hall–Kier alpha value is -1.84. The van der Waals surface area contributed by atoms with Gasteiger partial charge in [0.25, 0.3) is 0 Å². The van der Waals surface area contributed by atoms with Crippen molar-refractivity contribution in [3.63, 3.8) is 0 Å². The number of rotatable bonds is 3. The van der Waals surface area contributed by atoms with Crippen LogP contribution in [-0.4, -0.2) is 5.16 Å².